The Morgan fingerprint density at radius 1 is 1.04 bits per heavy atom. The van der Waals surface area contributed by atoms with Crippen LogP contribution in [0.3, 0.4) is 0 Å². The second-order valence-electron chi connectivity index (χ2n) is 6.61. The number of likely N-dealkylation sites (tertiary alicyclic amines) is 1. The van der Waals surface area contributed by atoms with E-state index in [1.165, 1.54) is 49.7 Å². The summed E-state index contributed by atoms with van der Waals surface area (Å²) in [6.07, 6.45) is 2.36. The number of amides is 1. The first-order valence-corrected chi connectivity index (χ1v) is 10.6. The number of carbonyl (C=O) groups is 1. The van der Waals surface area contributed by atoms with Gasteiger partial charge < -0.3 is 5.32 Å². The Bertz CT molecular complexity index is 861. The molecule has 6 nitrogen and oxygen atoms in total. The van der Waals surface area contributed by atoms with Gasteiger partial charge in [0.05, 0.1) is 10.9 Å². The summed E-state index contributed by atoms with van der Waals surface area (Å²) in [7, 11) is -2.14. The molecule has 1 aliphatic heterocycles. The van der Waals surface area contributed by atoms with Crippen molar-refractivity contribution in [3.8, 4) is 0 Å². The Hall–Kier alpha value is -2.22. The number of hydrogen-bond acceptors (Lipinski definition) is 4. The van der Waals surface area contributed by atoms with Crippen LogP contribution in [0.5, 0.6) is 0 Å². The average Bonchev–Trinajstić information content (AvgIpc) is 3.23. The van der Waals surface area contributed by atoms with Crippen molar-refractivity contribution in [2.24, 2.45) is 0 Å². The summed E-state index contributed by atoms with van der Waals surface area (Å²) in [5.74, 6) is -0.205. The fraction of sp³-hybridized carbons (Fsp3) is 0.350. The summed E-state index contributed by atoms with van der Waals surface area (Å²) in [6, 6.07) is 16.3. The van der Waals surface area contributed by atoms with Crippen LogP contribution in [0.25, 0.3) is 0 Å². The van der Waals surface area contributed by atoms with Crippen LogP contribution >= 0.6 is 0 Å². The van der Waals surface area contributed by atoms with Crippen molar-refractivity contribution < 1.29 is 13.2 Å². The van der Waals surface area contributed by atoms with Crippen LogP contribution in [0.1, 0.15) is 34.8 Å². The van der Waals surface area contributed by atoms with E-state index in [4.69, 9.17) is 0 Å². The van der Waals surface area contributed by atoms with E-state index in [1.54, 1.807) is 0 Å². The molecule has 0 bridgehead atoms. The zero-order valence-electron chi connectivity index (χ0n) is 15.4. The Morgan fingerprint density at radius 3 is 2.26 bits per heavy atom. The van der Waals surface area contributed by atoms with Gasteiger partial charge in [-0.15, -0.1) is 0 Å². The summed E-state index contributed by atoms with van der Waals surface area (Å²) < 4.78 is 25.8. The number of sulfonamides is 1. The minimum absolute atomic E-state index is 0.140. The van der Waals surface area contributed by atoms with Crippen molar-refractivity contribution in [3.05, 3.63) is 65.7 Å². The van der Waals surface area contributed by atoms with Gasteiger partial charge in [-0.3, -0.25) is 9.69 Å². The molecule has 1 unspecified atom stereocenters. The van der Waals surface area contributed by atoms with E-state index in [2.05, 4.69) is 27.1 Å². The quantitative estimate of drug-likeness (QED) is 0.763. The van der Waals surface area contributed by atoms with E-state index < -0.39 is 10.0 Å². The monoisotopic (exact) mass is 387 g/mol. The van der Waals surface area contributed by atoms with Gasteiger partial charge in [0.25, 0.3) is 5.91 Å². The highest BCUT2D eigenvalue weighted by Gasteiger charge is 2.24. The third-order valence-electron chi connectivity index (χ3n) is 4.92. The van der Waals surface area contributed by atoms with Crippen LogP contribution in [0.2, 0.25) is 0 Å². The summed E-state index contributed by atoms with van der Waals surface area (Å²) in [6.45, 7) is 2.58. The molecular weight excluding hydrogens is 362 g/mol. The van der Waals surface area contributed by atoms with Gasteiger partial charge in [-0.2, -0.15) is 0 Å². The van der Waals surface area contributed by atoms with Crippen LogP contribution in [0.4, 0.5) is 0 Å². The second-order valence-corrected chi connectivity index (χ2v) is 8.50. The average molecular weight is 388 g/mol. The van der Waals surface area contributed by atoms with Gasteiger partial charge in [-0.1, -0.05) is 30.3 Å². The van der Waals surface area contributed by atoms with Crippen molar-refractivity contribution in [1.82, 2.24) is 14.9 Å². The number of hydrogen-bond donors (Lipinski definition) is 2. The molecule has 27 heavy (non-hydrogen) atoms. The molecular formula is C20H25N3O3S. The number of nitrogens with zero attached hydrogens (tertiary/aromatic N) is 1. The molecule has 0 spiro atoms. The van der Waals surface area contributed by atoms with Crippen molar-refractivity contribution >= 4 is 15.9 Å². The lowest BCUT2D eigenvalue weighted by Crippen LogP contribution is -2.36. The van der Waals surface area contributed by atoms with Crippen LogP contribution in [-0.2, 0) is 10.0 Å². The predicted octanol–water partition coefficient (Wildman–Crippen LogP) is 2.16. The lowest BCUT2D eigenvalue weighted by molar-refractivity contribution is 0.0938. The second kappa shape index (κ2) is 8.65. The van der Waals surface area contributed by atoms with Crippen molar-refractivity contribution in [2.75, 3.05) is 26.7 Å². The fourth-order valence-corrected chi connectivity index (χ4v) is 4.11. The predicted molar refractivity (Wildman–Crippen MR) is 105 cm³/mol. The van der Waals surface area contributed by atoms with E-state index >= 15 is 0 Å². The SMILES string of the molecule is CNS(=O)(=O)c1ccc(C(=O)NCC(c2ccccc2)N2CCCC2)cc1. The van der Waals surface area contributed by atoms with Crippen molar-refractivity contribution in [3.63, 3.8) is 0 Å². The molecule has 2 N–H and O–H groups in total. The molecule has 7 heteroatoms. The summed E-state index contributed by atoms with van der Waals surface area (Å²) in [5, 5.41) is 3.00. The van der Waals surface area contributed by atoms with Gasteiger partial charge in [0.1, 0.15) is 0 Å². The molecule has 3 rings (SSSR count). The van der Waals surface area contributed by atoms with Gasteiger partial charge in [0.15, 0.2) is 0 Å². The topological polar surface area (TPSA) is 78.5 Å². The highest BCUT2D eigenvalue weighted by Crippen LogP contribution is 2.24. The molecule has 1 amide bonds. The fourth-order valence-electron chi connectivity index (χ4n) is 3.38. The Balaban J connectivity index is 1.69. The third-order valence-corrected chi connectivity index (χ3v) is 6.35. The molecule has 0 saturated carbocycles. The van der Waals surface area contributed by atoms with Crippen LogP contribution in [0, 0.1) is 0 Å². The molecule has 0 aliphatic carbocycles. The number of carbonyl (C=O) groups excluding carboxylic acids is 1. The van der Waals surface area contributed by atoms with Crippen LogP contribution < -0.4 is 10.0 Å². The zero-order valence-corrected chi connectivity index (χ0v) is 16.2. The lowest BCUT2D eigenvalue weighted by atomic mass is 10.1. The van der Waals surface area contributed by atoms with E-state index in [0.717, 1.165) is 13.1 Å². The van der Waals surface area contributed by atoms with Gasteiger partial charge in [-0.25, -0.2) is 13.1 Å². The normalized spacial score (nSPS) is 16.2. The van der Waals surface area contributed by atoms with E-state index in [0.29, 0.717) is 12.1 Å². The molecule has 1 fully saturated rings. The minimum Gasteiger partial charge on any atom is -0.350 e. The van der Waals surface area contributed by atoms with Gasteiger partial charge in [0.2, 0.25) is 10.0 Å². The Labute approximate surface area is 160 Å². The summed E-state index contributed by atoms with van der Waals surface area (Å²) in [4.78, 5) is 15.1. The van der Waals surface area contributed by atoms with Crippen LogP contribution in [-0.4, -0.2) is 45.9 Å². The molecule has 1 saturated heterocycles. The smallest absolute Gasteiger partial charge is 0.251 e. The number of benzene rings is 2. The standard InChI is InChI=1S/C20H25N3O3S/c1-21-27(25,26)18-11-9-17(10-12-18)20(24)22-15-19(23-13-5-6-14-23)16-7-3-2-4-8-16/h2-4,7-12,19,21H,5-6,13-15H2,1H3,(H,22,24). The maximum atomic E-state index is 12.5. The van der Waals surface area contributed by atoms with Gasteiger partial charge in [-0.05, 0) is 62.8 Å². The first kappa shape index (κ1) is 19.5. The molecule has 2 aromatic rings. The summed E-state index contributed by atoms with van der Waals surface area (Å²) in [5.41, 5.74) is 1.63. The zero-order chi connectivity index (χ0) is 19.3. The van der Waals surface area contributed by atoms with E-state index in [1.807, 2.05) is 18.2 Å². The Kier molecular flexibility index (Phi) is 6.26. The summed E-state index contributed by atoms with van der Waals surface area (Å²) >= 11 is 0. The van der Waals surface area contributed by atoms with Gasteiger partial charge >= 0.3 is 0 Å². The Morgan fingerprint density at radius 2 is 1.67 bits per heavy atom. The molecule has 0 aromatic heterocycles. The third kappa shape index (κ3) is 4.74. The maximum absolute atomic E-state index is 12.5. The van der Waals surface area contributed by atoms with Crippen molar-refractivity contribution in [1.29, 1.82) is 0 Å². The van der Waals surface area contributed by atoms with E-state index in [-0.39, 0.29) is 16.8 Å². The number of rotatable bonds is 7. The highest BCUT2D eigenvalue weighted by atomic mass is 32.2. The van der Waals surface area contributed by atoms with Crippen LogP contribution in [0.15, 0.2) is 59.5 Å². The molecule has 2 aromatic carbocycles. The first-order chi connectivity index (χ1) is 13.0. The number of nitrogens with one attached hydrogen (secondary N) is 2. The van der Waals surface area contributed by atoms with Gasteiger partial charge in [0, 0.05) is 12.1 Å². The molecule has 1 atom stereocenters. The minimum atomic E-state index is -3.50. The lowest BCUT2D eigenvalue weighted by Gasteiger charge is -2.28. The molecule has 1 heterocycles. The highest BCUT2D eigenvalue weighted by molar-refractivity contribution is 7.89. The van der Waals surface area contributed by atoms with Crippen molar-refractivity contribution in [2.45, 2.75) is 23.8 Å². The molecule has 144 valence electrons. The molecule has 1 aliphatic rings. The molecule has 0 radical (unpaired) electrons. The first-order valence-electron chi connectivity index (χ1n) is 9.12. The largest absolute Gasteiger partial charge is 0.350 e. The maximum Gasteiger partial charge on any atom is 0.251 e. The van der Waals surface area contributed by atoms with E-state index in [9.17, 15) is 13.2 Å².